The van der Waals surface area contributed by atoms with Crippen molar-refractivity contribution < 1.29 is 16.4 Å². The maximum absolute atomic E-state index is 13.9. The monoisotopic (exact) mass is 406 g/mol. The Bertz CT molecular complexity index is 1100. The molecule has 2 aromatic rings. The first-order valence-corrected chi connectivity index (χ1v) is 9.55. The fourth-order valence-corrected chi connectivity index (χ4v) is 3.31. The third kappa shape index (κ3) is 4.91. The summed E-state index contributed by atoms with van der Waals surface area (Å²) in [5.41, 5.74) is 1.80. The molecule has 0 saturated heterocycles. The lowest BCUT2D eigenvalue weighted by Gasteiger charge is -2.16. The Balaban J connectivity index is 0.00000219. The van der Waals surface area contributed by atoms with Crippen LogP contribution in [0.1, 0.15) is 53.3 Å². The highest BCUT2D eigenvalue weighted by Crippen LogP contribution is 2.17. The topological polar surface area (TPSA) is 74.0 Å². The molecule has 0 aliphatic carbocycles. The predicted molar refractivity (Wildman–Crippen MR) is 114 cm³/mol. The van der Waals surface area contributed by atoms with Crippen LogP contribution in [0.15, 0.2) is 23.0 Å². The van der Waals surface area contributed by atoms with Gasteiger partial charge in [0.05, 0.1) is 19.0 Å². The molecule has 1 aromatic heterocycles. The Morgan fingerprint density at radius 3 is 2.59 bits per heavy atom. The van der Waals surface area contributed by atoms with Crippen molar-refractivity contribution >= 4 is 17.7 Å². The zero-order valence-electron chi connectivity index (χ0n) is 17.2. The molecule has 5 nitrogen and oxygen atoms in total. The van der Waals surface area contributed by atoms with Gasteiger partial charge in [-0.15, -0.1) is 0 Å². The summed E-state index contributed by atoms with van der Waals surface area (Å²) in [4.78, 5) is 27.6. The number of fused-ring (bicyclic) bond motifs is 1. The van der Waals surface area contributed by atoms with Crippen LogP contribution in [-0.4, -0.2) is 10.9 Å². The molecule has 159 valence electrons. The first-order valence-electron chi connectivity index (χ1n) is 9.55. The lowest BCUT2D eigenvalue weighted by atomic mass is 10.0. The molecular weight excluding hydrogens is 376 g/mol. The molecule has 29 heavy (non-hydrogen) atoms. The average molecular weight is 406 g/mol. The van der Waals surface area contributed by atoms with Crippen LogP contribution in [0.25, 0.3) is 11.8 Å². The van der Waals surface area contributed by atoms with Gasteiger partial charge in [0, 0.05) is 36.3 Å². The van der Waals surface area contributed by atoms with E-state index in [1.54, 1.807) is 26.5 Å². The number of hydrogen-bond donors (Lipinski definition) is 3. The van der Waals surface area contributed by atoms with Crippen LogP contribution >= 0.6 is 0 Å². The third-order valence-corrected chi connectivity index (χ3v) is 4.69. The molecule has 0 bridgehead atoms. The summed E-state index contributed by atoms with van der Waals surface area (Å²) in [5.74, 6) is -1.83. The van der Waals surface area contributed by atoms with Crippen LogP contribution < -0.4 is 26.8 Å². The number of halogens is 2. The number of aromatic amines is 1. The predicted octanol–water partition coefficient (Wildman–Crippen LogP) is 2.57. The van der Waals surface area contributed by atoms with Gasteiger partial charge in [-0.05, 0) is 38.5 Å². The minimum absolute atomic E-state index is 0. The van der Waals surface area contributed by atoms with E-state index in [1.807, 2.05) is 20.8 Å². The van der Waals surface area contributed by atoms with Gasteiger partial charge in [-0.1, -0.05) is 19.9 Å². The minimum atomic E-state index is -0.728. The molecule has 7 heteroatoms. The zero-order chi connectivity index (χ0) is 21.7. The third-order valence-electron chi connectivity index (χ3n) is 4.69. The van der Waals surface area contributed by atoms with Gasteiger partial charge >= 0.3 is 0 Å². The van der Waals surface area contributed by atoms with Gasteiger partial charge in [-0.25, -0.2) is 8.78 Å². The fraction of sp³-hybridized carbons (Fsp3) is 0.318. The molecule has 1 atom stereocenters. The molecule has 1 amide bonds. The first kappa shape index (κ1) is 22.3. The second kappa shape index (κ2) is 9.49. The Labute approximate surface area is 171 Å². The number of hydrogen-bond acceptors (Lipinski definition) is 3. The number of carbonyl (C=O) groups excluding carboxylic acids is 1. The fourth-order valence-electron chi connectivity index (χ4n) is 3.31. The highest BCUT2D eigenvalue weighted by molar-refractivity contribution is 5.79. The highest BCUT2D eigenvalue weighted by atomic mass is 19.1. The Morgan fingerprint density at radius 2 is 1.93 bits per heavy atom. The number of nitrogens with one attached hydrogen (secondary N) is 3. The first-order chi connectivity index (χ1) is 13.8. The number of carbonyl (C=O) groups is 1. The van der Waals surface area contributed by atoms with Crippen LogP contribution in [-0.2, 0) is 11.2 Å². The molecule has 2 heterocycles. The molecule has 1 aliphatic heterocycles. The molecular formula is C22H30F2N3O2. The van der Waals surface area contributed by atoms with Gasteiger partial charge in [0.2, 0.25) is 5.91 Å². The van der Waals surface area contributed by atoms with E-state index in [0.717, 1.165) is 28.6 Å². The summed E-state index contributed by atoms with van der Waals surface area (Å²) < 4.78 is 26.9. The normalized spacial score (nSPS) is 13.3. The molecule has 1 aliphatic rings. The summed E-state index contributed by atoms with van der Waals surface area (Å²) in [6.07, 6.45) is 1.62. The van der Waals surface area contributed by atoms with E-state index < -0.39 is 23.6 Å². The molecule has 0 spiro atoms. The lowest BCUT2D eigenvalue weighted by molar-refractivity contribution is -0.121. The van der Waals surface area contributed by atoms with E-state index in [0.29, 0.717) is 10.9 Å². The van der Waals surface area contributed by atoms with Crippen LogP contribution in [0, 0.1) is 25.1 Å². The second-order valence-corrected chi connectivity index (χ2v) is 6.58. The number of aromatic nitrogens is 1. The largest absolute Gasteiger partial charge is 0.379 e. The van der Waals surface area contributed by atoms with E-state index in [2.05, 4.69) is 15.6 Å². The number of benzene rings is 1. The van der Waals surface area contributed by atoms with Crippen molar-refractivity contribution in [2.75, 3.05) is 0 Å². The highest BCUT2D eigenvalue weighted by Gasteiger charge is 2.18. The van der Waals surface area contributed by atoms with Gasteiger partial charge in [0.15, 0.2) is 0 Å². The smallest absolute Gasteiger partial charge is 0.252 e. The average Bonchev–Trinajstić information content (AvgIpc) is 2.66. The SMILES string of the molecule is CC.CC1=c2c(C)c(CC(=O)N[C@@H](C)c3ccc(F)cc3F)c(=O)[nH]c2=C[CH]N1.[HH].[HH]. The van der Waals surface area contributed by atoms with Crippen molar-refractivity contribution in [3.63, 3.8) is 0 Å². The number of rotatable bonds is 4. The summed E-state index contributed by atoms with van der Waals surface area (Å²) in [6, 6.07) is 2.55. The van der Waals surface area contributed by atoms with Crippen molar-refractivity contribution in [2.24, 2.45) is 0 Å². The summed E-state index contributed by atoms with van der Waals surface area (Å²) >= 11 is 0. The Kier molecular flexibility index (Phi) is 7.31. The molecule has 0 saturated carbocycles. The van der Waals surface area contributed by atoms with Crippen molar-refractivity contribution in [3.05, 3.63) is 74.0 Å². The molecule has 3 N–H and O–H groups in total. The molecule has 3 rings (SSSR count). The van der Waals surface area contributed by atoms with E-state index in [9.17, 15) is 18.4 Å². The van der Waals surface area contributed by atoms with Crippen LogP contribution in [0.2, 0.25) is 0 Å². The maximum Gasteiger partial charge on any atom is 0.252 e. The number of amides is 1. The standard InChI is InChI=1S/C20H20F2N3O2.C2H6.2H2/c1-10-15(20(27)25-17-6-7-23-12(3)19(10)17)9-18(26)24-11(2)14-5-4-13(21)8-16(14)22;1-2;;/h4-8,11,23H,9H2,1-3H3,(H,24,26)(H,25,27);1-2H3;2*1H/t11-;;;/m0.../s1. The minimum Gasteiger partial charge on any atom is -0.379 e. The Hall–Kier alpha value is -2.96. The van der Waals surface area contributed by atoms with Crippen molar-refractivity contribution in [3.8, 4) is 0 Å². The van der Waals surface area contributed by atoms with Crippen molar-refractivity contribution in [2.45, 2.75) is 47.1 Å². The van der Waals surface area contributed by atoms with E-state index >= 15 is 0 Å². The number of H-pyrrole nitrogens is 1. The Morgan fingerprint density at radius 1 is 1.24 bits per heavy atom. The van der Waals surface area contributed by atoms with Crippen molar-refractivity contribution in [1.29, 1.82) is 0 Å². The molecule has 1 radical (unpaired) electrons. The summed E-state index contributed by atoms with van der Waals surface area (Å²) in [6.45, 7) is 11.0. The van der Waals surface area contributed by atoms with Crippen LogP contribution in [0.5, 0.6) is 0 Å². The van der Waals surface area contributed by atoms with Crippen LogP contribution in [0.3, 0.4) is 0 Å². The number of pyridine rings is 1. The lowest BCUT2D eigenvalue weighted by Crippen LogP contribution is -2.45. The van der Waals surface area contributed by atoms with Gasteiger partial charge in [-0.3, -0.25) is 9.59 Å². The van der Waals surface area contributed by atoms with E-state index in [4.69, 9.17) is 0 Å². The molecule has 0 fully saturated rings. The quantitative estimate of drug-likeness (QED) is 0.731. The van der Waals surface area contributed by atoms with Gasteiger partial charge in [0.1, 0.15) is 11.6 Å². The van der Waals surface area contributed by atoms with E-state index in [1.165, 1.54) is 6.07 Å². The second-order valence-electron chi connectivity index (χ2n) is 6.58. The molecule has 1 aromatic carbocycles. The molecule has 0 unspecified atom stereocenters. The van der Waals surface area contributed by atoms with Crippen LogP contribution in [0.4, 0.5) is 8.78 Å². The maximum atomic E-state index is 13.9. The van der Waals surface area contributed by atoms with E-state index in [-0.39, 0.29) is 20.4 Å². The van der Waals surface area contributed by atoms with Crippen molar-refractivity contribution in [1.82, 2.24) is 15.6 Å². The van der Waals surface area contributed by atoms with Gasteiger partial charge in [0.25, 0.3) is 5.56 Å². The zero-order valence-corrected chi connectivity index (χ0v) is 17.2. The van der Waals surface area contributed by atoms with Gasteiger partial charge in [-0.2, -0.15) is 0 Å². The van der Waals surface area contributed by atoms with Gasteiger partial charge < -0.3 is 15.6 Å². The summed E-state index contributed by atoms with van der Waals surface area (Å²) in [7, 11) is 0. The summed E-state index contributed by atoms with van der Waals surface area (Å²) in [5, 5.41) is 7.30.